The zero-order valence-corrected chi connectivity index (χ0v) is 16.9. The third kappa shape index (κ3) is 4.73. The molecule has 0 fully saturated rings. The van der Waals surface area contributed by atoms with Gasteiger partial charge in [0.15, 0.2) is 0 Å². The van der Waals surface area contributed by atoms with Gasteiger partial charge in [0.25, 0.3) is 0 Å². The number of fused-ring (bicyclic) bond motifs is 1. The third-order valence-electron chi connectivity index (χ3n) is 3.79. The summed E-state index contributed by atoms with van der Waals surface area (Å²) in [4.78, 5) is 27.9. The molecule has 0 aliphatic rings. The summed E-state index contributed by atoms with van der Waals surface area (Å²) in [7, 11) is 0. The molecule has 0 aliphatic carbocycles. The van der Waals surface area contributed by atoms with Crippen molar-refractivity contribution < 1.29 is 24.9 Å². The minimum atomic E-state index is -1.13. The van der Waals surface area contributed by atoms with Crippen molar-refractivity contribution in [2.24, 2.45) is 0 Å². The fraction of sp³-hybridized carbons (Fsp3) is 0.167. The molecule has 3 rings (SSSR count). The quantitative estimate of drug-likeness (QED) is 0.429. The monoisotopic (exact) mass is 498 g/mol. The normalized spacial score (nSPS) is 11.2. The lowest BCUT2D eigenvalue weighted by Gasteiger charge is -2.19. The lowest BCUT2D eigenvalue weighted by atomic mass is 10.1. The van der Waals surface area contributed by atoms with Gasteiger partial charge < -0.3 is 15.3 Å². The van der Waals surface area contributed by atoms with Crippen LogP contribution < -0.4 is 0 Å². The Morgan fingerprint density at radius 1 is 1.11 bits per heavy atom. The van der Waals surface area contributed by atoms with Crippen LogP contribution in [0.4, 0.5) is 0 Å². The predicted molar refractivity (Wildman–Crippen MR) is 110 cm³/mol. The molecule has 2 aromatic carbocycles. The molecule has 27 heavy (non-hydrogen) atoms. The maximum absolute atomic E-state index is 11.0. The van der Waals surface area contributed by atoms with Crippen molar-refractivity contribution in [3.8, 4) is 16.3 Å². The van der Waals surface area contributed by atoms with Gasteiger partial charge in [-0.2, -0.15) is 0 Å². The molecule has 1 aromatic heterocycles. The highest BCUT2D eigenvalue weighted by molar-refractivity contribution is 14.1. The minimum Gasteiger partial charge on any atom is -0.507 e. The van der Waals surface area contributed by atoms with Gasteiger partial charge in [-0.25, -0.2) is 4.98 Å². The van der Waals surface area contributed by atoms with Crippen molar-refractivity contribution in [3.05, 3.63) is 45.5 Å². The first kappa shape index (κ1) is 19.5. The van der Waals surface area contributed by atoms with E-state index in [-0.39, 0.29) is 12.3 Å². The van der Waals surface area contributed by atoms with Crippen LogP contribution in [0.2, 0.25) is 0 Å². The summed E-state index contributed by atoms with van der Waals surface area (Å²) in [5.74, 6) is -2.25. The van der Waals surface area contributed by atoms with Crippen LogP contribution in [0.5, 0.6) is 5.75 Å². The van der Waals surface area contributed by atoms with E-state index in [9.17, 15) is 14.7 Å². The van der Waals surface area contributed by atoms with Gasteiger partial charge in [0.1, 0.15) is 10.8 Å². The Morgan fingerprint density at radius 3 is 2.41 bits per heavy atom. The predicted octanol–water partition coefficient (Wildman–Crippen LogP) is 3.24. The van der Waals surface area contributed by atoms with Crippen LogP contribution in [-0.2, 0) is 16.1 Å². The van der Waals surface area contributed by atoms with Gasteiger partial charge >= 0.3 is 11.9 Å². The maximum Gasteiger partial charge on any atom is 0.317 e. The number of thiazole rings is 1. The molecule has 0 aliphatic heterocycles. The van der Waals surface area contributed by atoms with Gasteiger partial charge in [-0.15, -0.1) is 11.3 Å². The summed E-state index contributed by atoms with van der Waals surface area (Å²) >= 11 is 3.51. The smallest absolute Gasteiger partial charge is 0.317 e. The summed E-state index contributed by atoms with van der Waals surface area (Å²) in [6.45, 7) is -0.874. The van der Waals surface area contributed by atoms with Gasteiger partial charge in [0.05, 0.1) is 26.9 Å². The van der Waals surface area contributed by atoms with E-state index in [1.807, 2.05) is 46.9 Å². The van der Waals surface area contributed by atoms with Crippen LogP contribution in [0, 0.1) is 3.57 Å². The van der Waals surface area contributed by atoms with E-state index >= 15 is 0 Å². The number of carboxylic acid groups (broad SMARTS) is 2. The van der Waals surface area contributed by atoms with E-state index in [2.05, 4.69) is 4.98 Å². The van der Waals surface area contributed by atoms with Crippen molar-refractivity contribution in [1.82, 2.24) is 9.88 Å². The standard InChI is InChI=1S/C18H15IN2O5S/c19-12-6-10(18-20-13-3-1-2-4-14(13)27-18)5-11(17(12)26)7-21(8-15(22)23)9-16(24)25/h1-6,26H,7-9H2,(H,22,23)(H,24,25). The number of carbonyl (C=O) groups is 2. The number of para-hydroxylation sites is 1. The number of benzene rings is 2. The summed E-state index contributed by atoms with van der Waals surface area (Å²) in [6.07, 6.45) is 0. The molecule has 0 radical (unpaired) electrons. The highest BCUT2D eigenvalue weighted by Crippen LogP contribution is 2.35. The van der Waals surface area contributed by atoms with Crippen LogP contribution in [0.25, 0.3) is 20.8 Å². The second-order valence-corrected chi connectivity index (χ2v) is 8.08. The van der Waals surface area contributed by atoms with E-state index in [1.54, 1.807) is 12.1 Å². The highest BCUT2D eigenvalue weighted by Gasteiger charge is 2.18. The van der Waals surface area contributed by atoms with Gasteiger partial charge in [0.2, 0.25) is 0 Å². The van der Waals surface area contributed by atoms with Gasteiger partial charge in [-0.05, 0) is 46.9 Å². The molecule has 0 saturated carbocycles. The molecule has 3 N–H and O–H groups in total. The number of rotatable bonds is 7. The van der Waals surface area contributed by atoms with Crippen molar-refractivity contribution in [2.75, 3.05) is 13.1 Å². The number of halogens is 1. The number of aromatic nitrogens is 1. The number of aliphatic carboxylic acids is 2. The molecular formula is C18H15IN2O5S. The van der Waals surface area contributed by atoms with Gasteiger partial charge in [-0.3, -0.25) is 14.5 Å². The average Bonchev–Trinajstić information content (AvgIpc) is 3.01. The zero-order chi connectivity index (χ0) is 19.6. The molecule has 0 spiro atoms. The van der Waals surface area contributed by atoms with Crippen molar-refractivity contribution in [2.45, 2.75) is 6.54 Å². The Hall–Kier alpha value is -2.24. The van der Waals surface area contributed by atoms with Crippen molar-refractivity contribution in [3.63, 3.8) is 0 Å². The number of aromatic hydroxyl groups is 1. The summed E-state index contributed by atoms with van der Waals surface area (Å²) in [5, 5.41) is 29.2. The Labute approximate surface area is 172 Å². The molecule has 7 nitrogen and oxygen atoms in total. The summed E-state index contributed by atoms with van der Waals surface area (Å²) in [5.41, 5.74) is 2.12. The Kier molecular flexibility index (Phi) is 5.92. The second kappa shape index (κ2) is 8.19. The molecule has 0 atom stereocenters. The molecule has 0 amide bonds. The minimum absolute atomic E-state index is 0.000823. The Balaban J connectivity index is 1.97. The molecule has 140 valence electrons. The molecule has 9 heteroatoms. The molecule has 0 saturated heterocycles. The number of carboxylic acids is 2. The van der Waals surface area contributed by atoms with Crippen LogP contribution in [0.15, 0.2) is 36.4 Å². The first-order valence-electron chi connectivity index (χ1n) is 7.86. The number of phenolic OH excluding ortho intramolecular Hbond substituents is 1. The van der Waals surface area contributed by atoms with Crippen LogP contribution >= 0.6 is 33.9 Å². The molecule has 0 unspecified atom stereocenters. The largest absolute Gasteiger partial charge is 0.507 e. The van der Waals surface area contributed by atoms with Gasteiger partial charge in [-0.1, -0.05) is 12.1 Å². The molecule has 1 heterocycles. The highest BCUT2D eigenvalue weighted by atomic mass is 127. The van der Waals surface area contributed by atoms with Crippen molar-refractivity contribution in [1.29, 1.82) is 0 Å². The Bertz CT molecular complexity index is 971. The van der Waals surface area contributed by atoms with E-state index in [0.717, 1.165) is 20.8 Å². The number of hydrogen-bond donors (Lipinski definition) is 3. The summed E-state index contributed by atoms with van der Waals surface area (Å²) in [6, 6.07) is 11.3. The number of nitrogens with zero attached hydrogens (tertiary/aromatic N) is 2. The van der Waals surface area contributed by atoms with Gasteiger partial charge in [0, 0.05) is 17.7 Å². The first-order valence-corrected chi connectivity index (χ1v) is 9.76. The maximum atomic E-state index is 11.0. The van der Waals surface area contributed by atoms with E-state index < -0.39 is 25.0 Å². The van der Waals surface area contributed by atoms with Crippen LogP contribution in [-0.4, -0.2) is 50.2 Å². The molecule has 3 aromatic rings. The first-order chi connectivity index (χ1) is 12.8. The fourth-order valence-corrected chi connectivity index (χ4v) is 4.32. The number of hydrogen-bond acceptors (Lipinski definition) is 6. The second-order valence-electron chi connectivity index (χ2n) is 5.89. The van der Waals surface area contributed by atoms with E-state index in [1.165, 1.54) is 16.2 Å². The zero-order valence-electron chi connectivity index (χ0n) is 13.9. The topological polar surface area (TPSA) is 111 Å². The Morgan fingerprint density at radius 2 is 1.78 bits per heavy atom. The van der Waals surface area contributed by atoms with Crippen LogP contribution in [0.1, 0.15) is 5.56 Å². The lowest BCUT2D eigenvalue weighted by Crippen LogP contribution is -2.34. The number of phenols is 1. The lowest BCUT2D eigenvalue weighted by molar-refractivity contribution is -0.142. The van der Waals surface area contributed by atoms with Crippen LogP contribution in [0.3, 0.4) is 0 Å². The van der Waals surface area contributed by atoms with E-state index in [0.29, 0.717) is 9.13 Å². The third-order valence-corrected chi connectivity index (χ3v) is 5.70. The average molecular weight is 498 g/mol. The fourth-order valence-electron chi connectivity index (χ4n) is 2.69. The SMILES string of the molecule is O=C(O)CN(CC(=O)O)Cc1cc(-c2nc3ccccc3s2)cc(I)c1O. The van der Waals surface area contributed by atoms with Crippen molar-refractivity contribution >= 4 is 56.1 Å². The molecule has 0 bridgehead atoms. The summed E-state index contributed by atoms with van der Waals surface area (Å²) < 4.78 is 1.63. The molecular weight excluding hydrogens is 483 g/mol. The van der Waals surface area contributed by atoms with E-state index in [4.69, 9.17) is 10.2 Å².